The summed E-state index contributed by atoms with van der Waals surface area (Å²) in [5.41, 5.74) is 1.13. The van der Waals surface area contributed by atoms with E-state index in [1.54, 1.807) is 6.07 Å². The van der Waals surface area contributed by atoms with Gasteiger partial charge in [0.2, 0.25) is 0 Å². The van der Waals surface area contributed by atoms with Crippen molar-refractivity contribution in [3.8, 4) is 0 Å². The lowest BCUT2D eigenvalue weighted by atomic mass is 10.3. The minimum absolute atomic E-state index is 0.248. The second-order valence-electron chi connectivity index (χ2n) is 2.58. The van der Waals surface area contributed by atoms with Gasteiger partial charge in [-0.05, 0) is 13.0 Å². The first-order valence-electron chi connectivity index (χ1n) is 3.42. The van der Waals surface area contributed by atoms with Gasteiger partial charge >= 0.3 is 0 Å². The highest BCUT2D eigenvalue weighted by Gasteiger charge is 2.05. The summed E-state index contributed by atoms with van der Waals surface area (Å²) in [6.07, 6.45) is 0. The molecule has 0 amide bonds. The molecule has 0 aliphatic rings. The van der Waals surface area contributed by atoms with Gasteiger partial charge in [-0.3, -0.25) is 4.79 Å². The highest BCUT2D eigenvalue weighted by atomic mass is 35.5. The van der Waals surface area contributed by atoms with E-state index in [1.807, 2.05) is 6.92 Å². The molecule has 2 rings (SSSR count). The summed E-state index contributed by atoms with van der Waals surface area (Å²) < 4.78 is 0. The molecule has 0 aromatic carbocycles. The van der Waals surface area contributed by atoms with Crippen molar-refractivity contribution in [3.05, 3.63) is 27.3 Å². The molecule has 0 aliphatic carbocycles. The summed E-state index contributed by atoms with van der Waals surface area (Å²) >= 11 is 5.74. The maximum absolute atomic E-state index is 11.1. The summed E-state index contributed by atoms with van der Waals surface area (Å²) in [6, 6.07) is 1.79. The number of fused-ring (bicyclic) bond motifs is 1. The molecule has 0 aliphatic heterocycles. The number of nitrogens with one attached hydrogen (secondary N) is 2. The maximum Gasteiger partial charge on any atom is 0.288 e. The minimum atomic E-state index is -0.248. The first-order valence-corrected chi connectivity index (χ1v) is 3.80. The molecular weight excluding hydrogens is 178 g/mol. The van der Waals surface area contributed by atoms with Crippen LogP contribution in [0.3, 0.4) is 0 Å². The van der Waals surface area contributed by atoms with Crippen LogP contribution in [0, 0.1) is 6.92 Å². The third kappa shape index (κ3) is 0.921. The summed E-state index contributed by atoms with van der Waals surface area (Å²) in [5.74, 6) is 0. The van der Waals surface area contributed by atoms with E-state index >= 15 is 0 Å². The third-order valence-corrected chi connectivity index (χ3v) is 1.95. The van der Waals surface area contributed by atoms with E-state index in [9.17, 15) is 4.79 Å². The summed E-state index contributed by atoms with van der Waals surface area (Å²) in [4.78, 5) is 14.0. The molecule has 62 valence electrons. The molecule has 2 aromatic rings. The zero-order valence-corrected chi connectivity index (χ0v) is 7.07. The molecule has 12 heavy (non-hydrogen) atoms. The van der Waals surface area contributed by atoms with E-state index in [0.29, 0.717) is 16.1 Å². The molecule has 0 saturated carbocycles. The van der Waals surface area contributed by atoms with Crippen molar-refractivity contribution < 1.29 is 0 Å². The van der Waals surface area contributed by atoms with Crippen molar-refractivity contribution in [1.82, 2.24) is 15.2 Å². The van der Waals surface area contributed by atoms with Crippen molar-refractivity contribution in [3.63, 3.8) is 0 Å². The highest BCUT2D eigenvalue weighted by molar-refractivity contribution is 6.34. The summed E-state index contributed by atoms with van der Waals surface area (Å²) in [5, 5.41) is 6.89. The number of rotatable bonds is 0. The van der Waals surface area contributed by atoms with Crippen LogP contribution in [0.2, 0.25) is 5.15 Å². The molecule has 0 unspecified atom stereocenters. The molecule has 2 N–H and O–H groups in total. The predicted octanol–water partition coefficient (Wildman–Crippen LogP) is 1.21. The Hall–Kier alpha value is -1.29. The van der Waals surface area contributed by atoms with E-state index in [2.05, 4.69) is 15.2 Å². The zero-order chi connectivity index (χ0) is 8.72. The van der Waals surface area contributed by atoms with E-state index < -0.39 is 0 Å². The summed E-state index contributed by atoms with van der Waals surface area (Å²) in [7, 11) is 0. The number of hydrogen-bond acceptors (Lipinski definition) is 2. The summed E-state index contributed by atoms with van der Waals surface area (Å²) in [6.45, 7) is 1.86. The largest absolute Gasteiger partial charge is 0.354 e. The fourth-order valence-electron chi connectivity index (χ4n) is 1.15. The van der Waals surface area contributed by atoms with Crippen LogP contribution >= 0.6 is 11.6 Å². The molecule has 5 heteroatoms. The lowest BCUT2D eigenvalue weighted by Gasteiger charge is -1.88. The highest BCUT2D eigenvalue weighted by Crippen LogP contribution is 2.17. The van der Waals surface area contributed by atoms with Crippen molar-refractivity contribution >= 4 is 22.5 Å². The number of H-pyrrole nitrogens is 2. The number of halogens is 1. The second kappa shape index (κ2) is 2.35. The number of hydrogen-bond donors (Lipinski definition) is 2. The Morgan fingerprint density at radius 1 is 1.58 bits per heavy atom. The van der Waals surface area contributed by atoms with Crippen LogP contribution in [-0.2, 0) is 0 Å². The van der Waals surface area contributed by atoms with Gasteiger partial charge in [0.25, 0.3) is 5.56 Å². The van der Waals surface area contributed by atoms with Gasteiger partial charge in [-0.2, -0.15) is 5.10 Å². The van der Waals surface area contributed by atoms with Gasteiger partial charge in [0.15, 0.2) is 5.15 Å². The van der Waals surface area contributed by atoms with Crippen molar-refractivity contribution in [2.24, 2.45) is 0 Å². The monoisotopic (exact) mass is 183 g/mol. The van der Waals surface area contributed by atoms with Gasteiger partial charge in [0, 0.05) is 11.1 Å². The van der Waals surface area contributed by atoms with Crippen molar-refractivity contribution in [2.75, 3.05) is 0 Å². The first-order chi connectivity index (χ1) is 5.68. The molecule has 0 fully saturated rings. The normalized spacial score (nSPS) is 10.8. The fraction of sp³-hybridized carbons (Fsp3) is 0.143. The van der Waals surface area contributed by atoms with Crippen LogP contribution < -0.4 is 5.56 Å². The van der Waals surface area contributed by atoms with E-state index in [0.717, 1.165) is 5.69 Å². The average Bonchev–Trinajstić information content (AvgIpc) is 2.41. The number of aryl methyl sites for hydroxylation is 1. The molecular formula is C7H6ClN3O. The second-order valence-corrected chi connectivity index (χ2v) is 2.94. The molecule has 0 saturated heterocycles. The van der Waals surface area contributed by atoms with E-state index in [-0.39, 0.29) is 5.56 Å². The van der Waals surface area contributed by atoms with E-state index in [1.165, 1.54) is 0 Å². The SMILES string of the molecule is Cc1cc2c(Cl)n[nH]c(=O)c2[nH]1. The predicted molar refractivity (Wildman–Crippen MR) is 46.5 cm³/mol. The van der Waals surface area contributed by atoms with Crippen LogP contribution in [0.5, 0.6) is 0 Å². The van der Waals surface area contributed by atoms with Crippen LogP contribution in [0.15, 0.2) is 10.9 Å². The Morgan fingerprint density at radius 3 is 3.00 bits per heavy atom. The molecule has 0 radical (unpaired) electrons. The lowest BCUT2D eigenvalue weighted by molar-refractivity contribution is 1.01. The molecule has 0 bridgehead atoms. The van der Waals surface area contributed by atoms with Crippen LogP contribution in [0.4, 0.5) is 0 Å². The molecule has 0 spiro atoms. The van der Waals surface area contributed by atoms with Gasteiger partial charge in [-0.25, -0.2) is 5.10 Å². The number of aromatic amines is 2. The quantitative estimate of drug-likeness (QED) is 0.645. The van der Waals surface area contributed by atoms with Crippen LogP contribution in [-0.4, -0.2) is 15.2 Å². The van der Waals surface area contributed by atoms with Gasteiger partial charge in [-0.15, -0.1) is 0 Å². The zero-order valence-electron chi connectivity index (χ0n) is 6.31. The van der Waals surface area contributed by atoms with Crippen molar-refractivity contribution in [1.29, 1.82) is 0 Å². The number of aromatic nitrogens is 3. The Balaban J connectivity index is 3.03. The Kier molecular flexibility index (Phi) is 1.44. The van der Waals surface area contributed by atoms with Crippen LogP contribution in [0.1, 0.15) is 5.69 Å². The minimum Gasteiger partial charge on any atom is -0.354 e. The Bertz CT molecular complexity index is 485. The number of nitrogens with zero attached hydrogens (tertiary/aromatic N) is 1. The Morgan fingerprint density at radius 2 is 2.33 bits per heavy atom. The van der Waals surface area contributed by atoms with Gasteiger partial charge in [0.05, 0.1) is 0 Å². The van der Waals surface area contributed by atoms with Gasteiger partial charge in [-0.1, -0.05) is 11.6 Å². The van der Waals surface area contributed by atoms with Gasteiger partial charge in [0.1, 0.15) is 5.52 Å². The Labute approximate surface area is 72.6 Å². The van der Waals surface area contributed by atoms with Crippen LogP contribution in [0.25, 0.3) is 10.9 Å². The van der Waals surface area contributed by atoms with E-state index in [4.69, 9.17) is 11.6 Å². The van der Waals surface area contributed by atoms with Gasteiger partial charge < -0.3 is 4.98 Å². The smallest absolute Gasteiger partial charge is 0.288 e. The molecule has 2 aromatic heterocycles. The maximum atomic E-state index is 11.1. The topological polar surface area (TPSA) is 61.5 Å². The molecule has 2 heterocycles. The molecule has 4 nitrogen and oxygen atoms in total. The van der Waals surface area contributed by atoms with Crippen molar-refractivity contribution in [2.45, 2.75) is 6.92 Å². The standard InChI is InChI=1S/C7H6ClN3O/c1-3-2-4-5(9-3)7(12)11-10-6(4)8/h2,9H,1H3,(H,11,12). The first kappa shape index (κ1) is 7.36. The fourth-order valence-corrected chi connectivity index (χ4v) is 1.34. The average molecular weight is 184 g/mol. The lowest BCUT2D eigenvalue weighted by Crippen LogP contribution is -2.07. The third-order valence-electron chi connectivity index (χ3n) is 1.66. The molecule has 0 atom stereocenters.